The van der Waals surface area contributed by atoms with Gasteiger partial charge in [-0.15, -0.1) is 0 Å². The van der Waals surface area contributed by atoms with Crippen molar-refractivity contribution in [3.8, 4) is 5.75 Å². The SMILES string of the molecule is Cc1cccc(C)c1OCCn1c(C(=O)NS(=O)(=O)CC[C@H]2CCCCN2C(=O)OCc2ccccc2)cc2c(Cl)cccc21. The fourth-order valence-corrected chi connectivity index (χ4v) is 7.12. The average molecular weight is 652 g/mol. The van der Waals surface area contributed by atoms with Gasteiger partial charge in [-0.2, -0.15) is 0 Å². The van der Waals surface area contributed by atoms with E-state index in [9.17, 15) is 18.0 Å². The van der Waals surface area contributed by atoms with Crippen molar-refractivity contribution in [2.75, 3.05) is 18.9 Å². The molecule has 2 heterocycles. The van der Waals surface area contributed by atoms with E-state index in [0.717, 1.165) is 35.3 Å². The summed E-state index contributed by atoms with van der Waals surface area (Å²) in [7, 11) is -4.03. The molecule has 45 heavy (non-hydrogen) atoms. The quantitative estimate of drug-likeness (QED) is 0.195. The van der Waals surface area contributed by atoms with E-state index in [1.807, 2.05) is 68.4 Å². The summed E-state index contributed by atoms with van der Waals surface area (Å²) in [6, 6.07) is 21.9. The topological polar surface area (TPSA) is 107 Å². The first kappa shape index (κ1) is 32.4. The molecule has 0 bridgehead atoms. The number of rotatable bonds is 11. The van der Waals surface area contributed by atoms with Gasteiger partial charge in [0.15, 0.2) is 0 Å². The highest BCUT2D eigenvalue weighted by Crippen LogP contribution is 2.28. The molecule has 0 spiro atoms. The van der Waals surface area contributed by atoms with E-state index >= 15 is 0 Å². The van der Waals surface area contributed by atoms with Gasteiger partial charge >= 0.3 is 6.09 Å². The van der Waals surface area contributed by atoms with Crippen molar-refractivity contribution >= 4 is 44.5 Å². The van der Waals surface area contributed by atoms with Gasteiger partial charge in [-0.1, -0.05) is 66.2 Å². The number of halogens is 1. The lowest BCUT2D eigenvalue weighted by Crippen LogP contribution is -2.45. The summed E-state index contributed by atoms with van der Waals surface area (Å²) in [4.78, 5) is 28.0. The summed E-state index contributed by atoms with van der Waals surface area (Å²) >= 11 is 6.45. The first-order chi connectivity index (χ1) is 21.6. The third-order valence-electron chi connectivity index (χ3n) is 8.13. The summed E-state index contributed by atoms with van der Waals surface area (Å²) in [5, 5.41) is 1.09. The van der Waals surface area contributed by atoms with Crippen molar-refractivity contribution in [1.29, 1.82) is 0 Å². The molecule has 1 aliphatic rings. The number of piperidine rings is 1. The van der Waals surface area contributed by atoms with Gasteiger partial charge in [0.1, 0.15) is 24.7 Å². The Bertz CT molecular complexity index is 1750. The molecule has 2 amide bonds. The van der Waals surface area contributed by atoms with Crippen molar-refractivity contribution in [2.45, 2.75) is 58.7 Å². The van der Waals surface area contributed by atoms with Crippen molar-refractivity contribution in [3.05, 3.63) is 100 Å². The maximum Gasteiger partial charge on any atom is 0.410 e. The molecule has 0 saturated carbocycles. The molecule has 9 nitrogen and oxygen atoms in total. The molecule has 0 unspecified atom stereocenters. The number of para-hydroxylation sites is 1. The highest BCUT2D eigenvalue weighted by atomic mass is 35.5. The van der Waals surface area contributed by atoms with Gasteiger partial charge in [0.25, 0.3) is 5.91 Å². The van der Waals surface area contributed by atoms with Gasteiger partial charge < -0.3 is 18.9 Å². The van der Waals surface area contributed by atoms with Gasteiger partial charge in [0.2, 0.25) is 10.0 Å². The van der Waals surface area contributed by atoms with Crippen LogP contribution in [-0.2, 0) is 27.9 Å². The number of ether oxygens (including phenoxy) is 2. The van der Waals surface area contributed by atoms with E-state index in [-0.39, 0.29) is 37.1 Å². The summed E-state index contributed by atoms with van der Waals surface area (Å²) in [6.45, 7) is 5.13. The van der Waals surface area contributed by atoms with E-state index in [4.69, 9.17) is 21.1 Å². The fraction of sp³-hybridized carbons (Fsp3) is 0.353. The molecule has 11 heteroatoms. The minimum Gasteiger partial charge on any atom is -0.491 e. The van der Waals surface area contributed by atoms with Crippen LogP contribution in [-0.4, -0.2) is 54.8 Å². The number of benzene rings is 3. The van der Waals surface area contributed by atoms with E-state index in [2.05, 4.69) is 4.72 Å². The van der Waals surface area contributed by atoms with E-state index < -0.39 is 22.0 Å². The number of likely N-dealkylation sites (tertiary alicyclic amines) is 1. The van der Waals surface area contributed by atoms with Crippen molar-refractivity contribution < 1.29 is 27.5 Å². The van der Waals surface area contributed by atoms with Crippen LogP contribution in [0.1, 0.15) is 52.9 Å². The minimum atomic E-state index is -4.03. The lowest BCUT2D eigenvalue weighted by atomic mass is 10.0. The maximum atomic E-state index is 13.5. The number of sulfonamides is 1. The summed E-state index contributed by atoms with van der Waals surface area (Å²) in [5.41, 5.74) is 3.73. The number of hydrogen-bond acceptors (Lipinski definition) is 6. The van der Waals surface area contributed by atoms with Gasteiger partial charge in [0.05, 0.1) is 17.8 Å². The maximum absolute atomic E-state index is 13.5. The predicted octanol–water partition coefficient (Wildman–Crippen LogP) is 6.63. The number of nitrogens with zero attached hydrogens (tertiary/aromatic N) is 2. The second-order valence-electron chi connectivity index (χ2n) is 11.3. The molecular formula is C34H38ClN3O6S. The number of nitrogens with one attached hydrogen (secondary N) is 1. The minimum absolute atomic E-state index is 0.144. The van der Waals surface area contributed by atoms with Crippen LogP contribution >= 0.6 is 11.6 Å². The Balaban J connectivity index is 1.25. The van der Waals surface area contributed by atoms with Crippen LogP contribution in [0, 0.1) is 13.8 Å². The summed E-state index contributed by atoms with van der Waals surface area (Å²) in [6.07, 6.45) is 2.08. The number of carbonyl (C=O) groups is 2. The Morgan fingerprint density at radius 3 is 2.47 bits per heavy atom. The second-order valence-corrected chi connectivity index (χ2v) is 13.6. The Kier molecular flexibility index (Phi) is 10.4. The molecule has 1 saturated heterocycles. The standard InChI is InChI=1S/C34H38ClN3O6S/c1-24-10-8-11-25(2)32(24)43-20-19-38-30-16-9-15-29(35)28(30)22-31(38)33(39)36-45(41,42)21-17-27-14-6-7-18-37(27)34(40)44-23-26-12-4-3-5-13-26/h3-5,8-13,15-16,22,27H,6-7,14,17-21,23H2,1-2H3,(H,36,39)/t27-/m1/s1. The number of carbonyl (C=O) groups excluding carboxylic acids is 2. The fourth-order valence-electron chi connectivity index (χ4n) is 5.82. The van der Waals surface area contributed by atoms with Crippen molar-refractivity contribution in [3.63, 3.8) is 0 Å². The van der Waals surface area contributed by atoms with Gasteiger partial charge in [-0.05, 0) is 74.4 Å². The highest BCUT2D eigenvalue weighted by Gasteiger charge is 2.30. The number of amides is 2. The molecule has 1 fully saturated rings. The molecular weight excluding hydrogens is 614 g/mol. The molecule has 0 aliphatic carbocycles. The van der Waals surface area contributed by atoms with Crippen LogP contribution in [0.5, 0.6) is 5.75 Å². The number of aryl methyl sites for hydroxylation is 2. The molecule has 1 N–H and O–H groups in total. The Morgan fingerprint density at radius 2 is 1.71 bits per heavy atom. The van der Waals surface area contributed by atoms with Gasteiger partial charge in [-0.3, -0.25) is 4.79 Å². The second kappa shape index (κ2) is 14.4. The Labute approximate surface area is 269 Å². The smallest absolute Gasteiger partial charge is 0.410 e. The van der Waals surface area contributed by atoms with E-state index in [1.165, 1.54) is 0 Å². The third kappa shape index (κ3) is 7.99. The Morgan fingerprint density at radius 1 is 0.978 bits per heavy atom. The Hall–Kier alpha value is -4.02. The molecule has 1 aliphatic heterocycles. The monoisotopic (exact) mass is 651 g/mol. The number of aromatic nitrogens is 1. The highest BCUT2D eigenvalue weighted by molar-refractivity contribution is 7.90. The largest absolute Gasteiger partial charge is 0.491 e. The molecule has 3 aromatic carbocycles. The van der Waals surface area contributed by atoms with E-state index in [0.29, 0.717) is 35.4 Å². The first-order valence-corrected chi connectivity index (χ1v) is 17.1. The molecule has 5 rings (SSSR count). The molecule has 1 atom stereocenters. The molecule has 4 aromatic rings. The summed E-state index contributed by atoms with van der Waals surface area (Å²) < 4.78 is 41.9. The molecule has 238 valence electrons. The molecule has 1 aromatic heterocycles. The van der Waals surface area contributed by atoms with Crippen LogP contribution in [0.3, 0.4) is 0 Å². The van der Waals surface area contributed by atoms with Gasteiger partial charge in [0, 0.05) is 23.0 Å². The lowest BCUT2D eigenvalue weighted by Gasteiger charge is -2.34. The zero-order valence-corrected chi connectivity index (χ0v) is 27.1. The van der Waals surface area contributed by atoms with Crippen LogP contribution in [0.15, 0.2) is 72.8 Å². The van der Waals surface area contributed by atoms with Gasteiger partial charge in [-0.25, -0.2) is 17.9 Å². The zero-order valence-electron chi connectivity index (χ0n) is 25.5. The number of fused-ring (bicyclic) bond motifs is 1. The van der Waals surface area contributed by atoms with Crippen molar-refractivity contribution in [2.24, 2.45) is 0 Å². The van der Waals surface area contributed by atoms with Crippen LogP contribution in [0.4, 0.5) is 4.79 Å². The first-order valence-electron chi connectivity index (χ1n) is 15.1. The number of hydrogen-bond donors (Lipinski definition) is 1. The molecule has 0 radical (unpaired) electrons. The predicted molar refractivity (Wildman–Crippen MR) is 175 cm³/mol. The van der Waals surface area contributed by atoms with E-state index in [1.54, 1.807) is 27.7 Å². The lowest BCUT2D eigenvalue weighted by molar-refractivity contribution is 0.0672. The van der Waals surface area contributed by atoms with Crippen LogP contribution in [0.25, 0.3) is 10.9 Å². The normalized spacial score (nSPS) is 15.2. The van der Waals surface area contributed by atoms with Crippen LogP contribution < -0.4 is 9.46 Å². The zero-order chi connectivity index (χ0) is 32.0. The third-order valence-corrected chi connectivity index (χ3v) is 9.73. The summed E-state index contributed by atoms with van der Waals surface area (Å²) in [5.74, 6) is -0.291. The van der Waals surface area contributed by atoms with Crippen molar-refractivity contribution in [1.82, 2.24) is 14.2 Å². The average Bonchev–Trinajstić information content (AvgIpc) is 3.41. The van der Waals surface area contributed by atoms with Crippen LogP contribution in [0.2, 0.25) is 5.02 Å².